The third kappa shape index (κ3) is 4.49. The summed E-state index contributed by atoms with van der Waals surface area (Å²) >= 11 is 0. The summed E-state index contributed by atoms with van der Waals surface area (Å²) in [5.74, 6) is 0.0520. The first-order chi connectivity index (χ1) is 15.5. The first-order valence-corrected chi connectivity index (χ1v) is 10.6. The number of nitrogens with zero attached hydrogens (tertiary/aromatic N) is 1. The van der Waals surface area contributed by atoms with Gasteiger partial charge < -0.3 is 15.0 Å². The molecule has 1 heterocycles. The highest BCUT2D eigenvalue weighted by molar-refractivity contribution is 6.07. The van der Waals surface area contributed by atoms with Crippen molar-refractivity contribution in [1.29, 1.82) is 0 Å². The predicted molar refractivity (Wildman–Crippen MR) is 122 cm³/mol. The number of amides is 2. The molecule has 0 bridgehead atoms. The van der Waals surface area contributed by atoms with Gasteiger partial charge in [0.25, 0.3) is 11.8 Å². The van der Waals surface area contributed by atoms with Crippen LogP contribution in [0.5, 0.6) is 5.75 Å². The van der Waals surface area contributed by atoms with E-state index in [1.54, 1.807) is 18.1 Å². The number of carbonyl (C=O) groups excluding carboxylic acids is 2. The molecule has 32 heavy (non-hydrogen) atoms. The Labute approximate surface area is 186 Å². The van der Waals surface area contributed by atoms with E-state index in [2.05, 4.69) is 5.32 Å². The molecule has 2 amide bonds. The number of carbonyl (C=O) groups is 2. The second-order valence-electron chi connectivity index (χ2n) is 7.88. The largest absolute Gasteiger partial charge is 0.497 e. The number of fused-ring (bicyclic) bond motifs is 1. The number of hydrogen-bond donors (Lipinski definition) is 1. The van der Waals surface area contributed by atoms with Crippen molar-refractivity contribution in [3.05, 3.63) is 94.8 Å². The van der Waals surface area contributed by atoms with Crippen LogP contribution < -0.4 is 15.0 Å². The SMILES string of the molecule is COc1ccc(C(C)NC(=O)c2ccc3c(c2)CCCN3C(=O)c2ccc(F)cc2)cc1. The fraction of sp³-hybridized carbons (Fsp3) is 0.231. The Balaban J connectivity index is 1.50. The van der Waals surface area contributed by atoms with Crippen molar-refractivity contribution in [2.75, 3.05) is 18.6 Å². The summed E-state index contributed by atoms with van der Waals surface area (Å²) < 4.78 is 18.4. The van der Waals surface area contributed by atoms with Crippen molar-refractivity contribution >= 4 is 17.5 Å². The average Bonchev–Trinajstić information content (AvgIpc) is 2.83. The molecule has 1 aliphatic heterocycles. The molecule has 0 saturated heterocycles. The summed E-state index contributed by atoms with van der Waals surface area (Å²) in [6.07, 6.45) is 1.59. The predicted octanol–water partition coefficient (Wildman–Crippen LogP) is 4.92. The maximum atomic E-state index is 13.2. The number of aryl methyl sites for hydroxylation is 1. The topological polar surface area (TPSA) is 58.6 Å². The smallest absolute Gasteiger partial charge is 0.258 e. The van der Waals surface area contributed by atoms with Crippen LogP contribution >= 0.6 is 0 Å². The van der Waals surface area contributed by atoms with Gasteiger partial charge in [0.1, 0.15) is 11.6 Å². The number of benzene rings is 3. The Kier molecular flexibility index (Phi) is 6.21. The zero-order valence-corrected chi connectivity index (χ0v) is 18.1. The summed E-state index contributed by atoms with van der Waals surface area (Å²) in [6.45, 7) is 2.52. The molecular formula is C26H25FN2O3. The van der Waals surface area contributed by atoms with Gasteiger partial charge in [0, 0.05) is 23.4 Å². The molecule has 4 rings (SSSR count). The van der Waals surface area contributed by atoms with E-state index in [-0.39, 0.29) is 23.7 Å². The van der Waals surface area contributed by atoms with Crippen LogP contribution in [0.1, 0.15) is 51.2 Å². The van der Waals surface area contributed by atoms with E-state index in [0.29, 0.717) is 17.7 Å². The highest BCUT2D eigenvalue weighted by Gasteiger charge is 2.25. The van der Waals surface area contributed by atoms with Crippen LogP contribution in [0, 0.1) is 5.82 Å². The number of anilines is 1. The van der Waals surface area contributed by atoms with E-state index in [4.69, 9.17) is 4.74 Å². The Morgan fingerprint density at radius 2 is 1.69 bits per heavy atom. The zero-order chi connectivity index (χ0) is 22.7. The molecule has 0 spiro atoms. The van der Waals surface area contributed by atoms with E-state index >= 15 is 0 Å². The number of halogens is 1. The molecule has 3 aromatic carbocycles. The van der Waals surface area contributed by atoms with E-state index in [0.717, 1.165) is 35.4 Å². The van der Waals surface area contributed by atoms with Gasteiger partial charge in [-0.2, -0.15) is 0 Å². The molecule has 164 valence electrons. The van der Waals surface area contributed by atoms with Gasteiger partial charge in [0.15, 0.2) is 0 Å². The lowest BCUT2D eigenvalue weighted by atomic mass is 9.97. The number of hydrogen-bond acceptors (Lipinski definition) is 3. The Morgan fingerprint density at radius 3 is 2.38 bits per heavy atom. The van der Waals surface area contributed by atoms with Crippen molar-refractivity contribution in [2.24, 2.45) is 0 Å². The molecule has 1 N–H and O–H groups in total. The number of methoxy groups -OCH3 is 1. The molecule has 6 heteroatoms. The minimum absolute atomic E-state index is 0.166. The van der Waals surface area contributed by atoms with Crippen molar-refractivity contribution in [2.45, 2.75) is 25.8 Å². The standard InChI is InChI=1S/C26H25FN2O3/c1-17(18-7-12-23(32-2)13-8-18)28-25(30)21-9-14-24-20(16-21)4-3-15-29(24)26(31)19-5-10-22(27)11-6-19/h5-14,16-17H,3-4,15H2,1-2H3,(H,28,30). The van der Waals surface area contributed by atoms with E-state index in [1.165, 1.54) is 24.3 Å². The maximum Gasteiger partial charge on any atom is 0.258 e. The molecule has 0 saturated carbocycles. The van der Waals surface area contributed by atoms with Crippen LogP contribution in [0.2, 0.25) is 0 Å². The highest BCUT2D eigenvalue weighted by atomic mass is 19.1. The van der Waals surface area contributed by atoms with Gasteiger partial charge in [-0.05, 0) is 85.5 Å². The monoisotopic (exact) mass is 432 g/mol. The molecular weight excluding hydrogens is 407 g/mol. The van der Waals surface area contributed by atoms with Gasteiger partial charge in [-0.1, -0.05) is 12.1 Å². The summed E-state index contributed by atoms with van der Waals surface area (Å²) in [6, 6.07) is 18.4. The van der Waals surface area contributed by atoms with Crippen molar-refractivity contribution < 1.29 is 18.7 Å². The van der Waals surface area contributed by atoms with E-state index in [1.807, 2.05) is 43.3 Å². The minimum atomic E-state index is -0.375. The Morgan fingerprint density at radius 1 is 1.00 bits per heavy atom. The molecule has 5 nitrogen and oxygen atoms in total. The van der Waals surface area contributed by atoms with Gasteiger partial charge in [-0.3, -0.25) is 9.59 Å². The second kappa shape index (κ2) is 9.22. The fourth-order valence-electron chi connectivity index (χ4n) is 3.95. The second-order valence-corrected chi connectivity index (χ2v) is 7.88. The van der Waals surface area contributed by atoms with Gasteiger partial charge in [-0.15, -0.1) is 0 Å². The molecule has 3 aromatic rings. The van der Waals surface area contributed by atoms with Gasteiger partial charge in [0.05, 0.1) is 13.2 Å². The maximum absolute atomic E-state index is 13.2. The van der Waals surface area contributed by atoms with Gasteiger partial charge in [-0.25, -0.2) is 4.39 Å². The molecule has 1 unspecified atom stereocenters. The molecule has 0 aromatic heterocycles. The molecule has 0 aliphatic carbocycles. The summed E-state index contributed by atoms with van der Waals surface area (Å²) in [5, 5.41) is 3.03. The zero-order valence-electron chi connectivity index (χ0n) is 18.1. The van der Waals surface area contributed by atoms with Crippen LogP contribution in [0.4, 0.5) is 10.1 Å². The number of ether oxygens (including phenoxy) is 1. The van der Waals surface area contributed by atoms with Crippen molar-refractivity contribution in [3.63, 3.8) is 0 Å². The van der Waals surface area contributed by atoms with Gasteiger partial charge >= 0.3 is 0 Å². The van der Waals surface area contributed by atoms with Crippen LogP contribution in [-0.2, 0) is 6.42 Å². The molecule has 0 fully saturated rings. The molecule has 0 radical (unpaired) electrons. The third-order valence-corrected chi connectivity index (χ3v) is 5.76. The lowest BCUT2D eigenvalue weighted by Crippen LogP contribution is -2.35. The van der Waals surface area contributed by atoms with Crippen LogP contribution in [0.3, 0.4) is 0 Å². The van der Waals surface area contributed by atoms with E-state index in [9.17, 15) is 14.0 Å². The van der Waals surface area contributed by atoms with Crippen LogP contribution in [-0.4, -0.2) is 25.5 Å². The lowest BCUT2D eigenvalue weighted by molar-refractivity contribution is 0.0939. The first kappa shape index (κ1) is 21.6. The Hall–Kier alpha value is -3.67. The molecule has 1 aliphatic rings. The number of rotatable bonds is 5. The summed E-state index contributed by atoms with van der Waals surface area (Å²) in [5.41, 5.74) is 3.73. The Bertz CT molecular complexity index is 1130. The third-order valence-electron chi connectivity index (χ3n) is 5.76. The highest BCUT2D eigenvalue weighted by Crippen LogP contribution is 2.30. The summed E-state index contributed by atoms with van der Waals surface area (Å²) in [7, 11) is 1.62. The van der Waals surface area contributed by atoms with Crippen molar-refractivity contribution in [1.82, 2.24) is 5.32 Å². The number of nitrogens with one attached hydrogen (secondary N) is 1. The van der Waals surface area contributed by atoms with Crippen LogP contribution in [0.25, 0.3) is 0 Å². The normalized spacial score (nSPS) is 13.8. The molecule has 1 atom stereocenters. The minimum Gasteiger partial charge on any atom is -0.497 e. The van der Waals surface area contributed by atoms with E-state index < -0.39 is 0 Å². The average molecular weight is 432 g/mol. The van der Waals surface area contributed by atoms with Gasteiger partial charge in [0.2, 0.25) is 0 Å². The fourth-order valence-corrected chi connectivity index (χ4v) is 3.95. The van der Waals surface area contributed by atoms with Crippen molar-refractivity contribution in [3.8, 4) is 5.75 Å². The quantitative estimate of drug-likeness (QED) is 0.623. The van der Waals surface area contributed by atoms with Crippen LogP contribution in [0.15, 0.2) is 66.7 Å². The first-order valence-electron chi connectivity index (χ1n) is 10.6. The lowest BCUT2D eigenvalue weighted by Gasteiger charge is -2.30. The summed E-state index contributed by atoms with van der Waals surface area (Å²) in [4.78, 5) is 27.5.